The van der Waals surface area contributed by atoms with Gasteiger partial charge < -0.3 is 30.4 Å². The summed E-state index contributed by atoms with van der Waals surface area (Å²) in [6, 6.07) is 11.8. The molecule has 1 aromatic heterocycles. The second-order valence-electron chi connectivity index (χ2n) is 8.77. The van der Waals surface area contributed by atoms with Crippen LogP contribution in [0.2, 0.25) is 0 Å². The van der Waals surface area contributed by atoms with Crippen LogP contribution in [0.25, 0.3) is 10.9 Å². The number of nitrogens with zero attached hydrogens (tertiary/aromatic N) is 2. The lowest BCUT2D eigenvalue weighted by molar-refractivity contribution is -0.122. The third-order valence-electron chi connectivity index (χ3n) is 6.42. The van der Waals surface area contributed by atoms with Crippen LogP contribution in [0.4, 0.5) is 20.6 Å². The SMILES string of the molecule is NC(Cc1c[nH]c2ccccc12)C(=O)NC[C@@H]1CN(c2ccc(N3CCOCC3)c(F)c2)C(=O)O1. The number of rotatable bonds is 7. The van der Waals surface area contributed by atoms with Gasteiger partial charge in [-0.1, -0.05) is 18.2 Å². The predicted octanol–water partition coefficient (Wildman–Crippen LogP) is 2.15. The maximum atomic E-state index is 14.8. The zero-order valence-electron chi connectivity index (χ0n) is 19.2. The van der Waals surface area contributed by atoms with Gasteiger partial charge >= 0.3 is 6.09 Å². The molecule has 2 amide bonds. The van der Waals surface area contributed by atoms with Crippen LogP contribution < -0.4 is 20.9 Å². The average molecular weight is 482 g/mol. The molecule has 3 aromatic rings. The molecule has 35 heavy (non-hydrogen) atoms. The zero-order valence-corrected chi connectivity index (χ0v) is 19.2. The number of cyclic esters (lactones) is 1. The monoisotopic (exact) mass is 481 g/mol. The fourth-order valence-electron chi connectivity index (χ4n) is 4.54. The third kappa shape index (κ3) is 4.94. The topological polar surface area (TPSA) is 113 Å². The molecule has 0 radical (unpaired) electrons. The van der Waals surface area contributed by atoms with E-state index in [-0.39, 0.29) is 19.0 Å². The van der Waals surface area contributed by atoms with Crippen molar-refractivity contribution in [1.29, 1.82) is 0 Å². The van der Waals surface area contributed by atoms with Crippen LogP contribution in [0.3, 0.4) is 0 Å². The van der Waals surface area contributed by atoms with Gasteiger partial charge in [0.05, 0.1) is 43.7 Å². The number of hydrogen-bond acceptors (Lipinski definition) is 6. The van der Waals surface area contributed by atoms with Gasteiger partial charge in [0.15, 0.2) is 0 Å². The highest BCUT2D eigenvalue weighted by molar-refractivity contribution is 5.90. The molecular formula is C25H28FN5O4. The van der Waals surface area contributed by atoms with Crippen molar-refractivity contribution in [2.75, 3.05) is 49.2 Å². The molecule has 2 aromatic carbocycles. The molecule has 2 aliphatic heterocycles. The first kappa shape index (κ1) is 23.1. The standard InChI is InChI=1S/C25H28FN5O4/c26-20-12-17(5-6-23(20)30-7-9-34-10-8-30)31-15-18(35-25(31)33)14-29-24(32)21(27)11-16-13-28-22-4-2-1-3-19(16)22/h1-6,12-13,18,21,28H,7-11,14-15,27H2,(H,29,32)/t18-,21?/m1/s1. The number of carbonyl (C=O) groups is 2. The fourth-order valence-corrected chi connectivity index (χ4v) is 4.54. The Hall–Kier alpha value is -3.63. The summed E-state index contributed by atoms with van der Waals surface area (Å²) in [5, 5.41) is 3.80. The molecule has 3 heterocycles. The molecule has 2 saturated heterocycles. The van der Waals surface area contributed by atoms with E-state index in [0.29, 0.717) is 44.1 Å². The summed E-state index contributed by atoms with van der Waals surface area (Å²) in [5.41, 5.74) is 8.97. The van der Waals surface area contributed by atoms with Crippen LogP contribution in [0.15, 0.2) is 48.7 Å². The summed E-state index contributed by atoms with van der Waals surface area (Å²) < 4.78 is 25.5. The van der Waals surface area contributed by atoms with E-state index >= 15 is 0 Å². The van der Waals surface area contributed by atoms with Gasteiger partial charge in [-0.05, 0) is 36.2 Å². The summed E-state index contributed by atoms with van der Waals surface area (Å²) in [6.07, 6.45) is 1.10. The number of amides is 2. The number of para-hydroxylation sites is 1. The molecule has 9 nitrogen and oxygen atoms in total. The molecule has 5 rings (SSSR count). The second-order valence-corrected chi connectivity index (χ2v) is 8.77. The quantitative estimate of drug-likeness (QED) is 0.477. The lowest BCUT2D eigenvalue weighted by Crippen LogP contribution is -2.45. The van der Waals surface area contributed by atoms with Crippen LogP contribution in [0.5, 0.6) is 0 Å². The molecular weight excluding hydrogens is 453 g/mol. The lowest BCUT2D eigenvalue weighted by Gasteiger charge is -2.29. The summed E-state index contributed by atoms with van der Waals surface area (Å²) in [5.74, 6) is -0.733. The number of nitrogens with one attached hydrogen (secondary N) is 2. The van der Waals surface area contributed by atoms with Crippen LogP contribution in [-0.2, 0) is 20.7 Å². The van der Waals surface area contributed by atoms with E-state index < -0.39 is 24.1 Å². The van der Waals surface area contributed by atoms with E-state index in [1.54, 1.807) is 12.1 Å². The smallest absolute Gasteiger partial charge is 0.414 e. The molecule has 4 N–H and O–H groups in total. The molecule has 2 atom stereocenters. The largest absolute Gasteiger partial charge is 0.442 e. The number of benzene rings is 2. The van der Waals surface area contributed by atoms with E-state index in [4.69, 9.17) is 15.2 Å². The van der Waals surface area contributed by atoms with Crippen molar-refractivity contribution < 1.29 is 23.5 Å². The Morgan fingerprint density at radius 2 is 2.03 bits per heavy atom. The molecule has 2 aliphatic rings. The molecule has 0 bridgehead atoms. The fraction of sp³-hybridized carbons (Fsp3) is 0.360. The lowest BCUT2D eigenvalue weighted by atomic mass is 10.1. The Kier molecular flexibility index (Phi) is 6.56. The van der Waals surface area contributed by atoms with Gasteiger partial charge in [-0.15, -0.1) is 0 Å². The van der Waals surface area contributed by atoms with Crippen molar-refractivity contribution in [3.8, 4) is 0 Å². The first-order valence-corrected chi connectivity index (χ1v) is 11.7. The highest BCUT2D eigenvalue weighted by Crippen LogP contribution is 2.28. The molecule has 0 spiro atoms. The normalized spacial score (nSPS) is 19.1. The van der Waals surface area contributed by atoms with E-state index in [2.05, 4.69) is 10.3 Å². The number of ether oxygens (including phenoxy) is 2. The summed E-state index contributed by atoms with van der Waals surface area (Å²) >= 11 is 0. The number of fused-ring (bicyclic) bond motifs is 1. The highest BCUT2D eigenvalue weighted by atomic mass is 19.1. The van der Waals surface area contributed by atoms with Gasteiger partial charge in [0.2, 0.25) is 5.91 Å². The van der Waals surface area contributed by atoms with Crippen molar-refractivity contribution in [2.24, 2.45) is 5.73 Å². The zero-order chi connectivity index (χ0) is 24.4. The van der Waals surface area contributed by atoms with Gasteiger partial charge in [-0.25, -0.2) is 9.18 Å². The molecule has 1 unspecified atom stereocenters. The van der Waals surface area contributed by atoms with Crippen LogP contribution in [-0.4, -0.2) is 68.5 Å². The Labute approximate surface area is 202 Å². The number of carbonyl (C=O) groups excluding carboxylic acids is 2. The van der Waals surface area contributed by atoms with E-state index in [9.17, 15) is 14.0 Å². The van der Waals surface area contributed by atoms with Gasteiger partial charge in [-0.2, -0.15) is 0 Å². The summed E-state index contributed by atoms with van der Waals surface area (Å²) in [4.78, 5) is 31.4. The van der Waals surface area contributed by atoms with Crippen molar-refractivity contribution >= 4 is 34.3 Å². The van der Waals surface area contributed by atoms with Crippen molar-refractivity contribution in [1.82, 2.24) is 10.3 Å². The van der Waals surface area contributed by atoms with Gasteiger partial charge in [0.25, 0.3) is 0 Å². The number of nitrogens with two attached hydrogens (primary N) is 1. The Morgan fingerprint density at radius 3 is 2.83 bits per heavy atom. The van der Waals surface area contributed by atoms with Gasteiger partial charge in [0.1, 0.15) is 11.9 Å². The van der Waals surface area contributed by atoms with E-state index in [1.807, 2.05) is 35.4 Å². The van der Waals surface area contributed by atoms with Crippen molar-refractivity contribution in [2.45, 2.75) is 18.6 Å². The van der Waals surface area contributed by atoms with E-state index in [0.717, 1.165) is 16.5 Å². The van der Waals surface area contributed by atoms with Crippen LogP contribution in [0, 0.1) is 5.82 Å². The Morgan fingerprint density at radius 1 is 1.23 bits per heavy atom. The van der Waals surface area contributed by atoms with Gasteiger partial charge in [0, 0.05) is 30.2 Å². The summed E-state index contributed by atoms with van der Waals surface area (Å²) in [6.45, 7) is 2.67. The number of aromatic amines is 1. The maximum absolute atomic E-state index is 14.8. The second kappa shape index (κ2) is 9.93. The highest BCUT2D eigenvalue weighted by Gasteiger charge is 2.33. The number of aromatic nitrogens is 1. The average Bonchev–Trinajstić information content (AvgIpc) is 3.46. The number of anilines is 2. The molecule has 0 saturated carbocycles. The number of H-pyrrole nitrogens is 1. The molecule has 2 fully saturated rings. The minimum atomic E-state index is -0.746. The van der Waals surface area contributed by atoms with Crippen LogP contribution in [0.1, 0.15) is 5.56 Å². The Balaban J connectivity index is 1.15. The minimum absolute atomic E-state index is 0.122. The molecule has 0 aliphatic carbocycles. The summed E-state index contributed by atoms with van der Waals surface area (Å²) in [7, 11) is 0. The maximum Gasteiger partial charge on any atom is 0.414 e. The molecule has 184 valence electrons. The number of morpholine rings is 1. The number of hydrogen-bond donors (Lipinski definition) is 3. The third-order valence-corrected chi connectivity index (χ3v) is 6.42. The minimum Gasteiger partial charge on any atom is -0.442 e. The van der Waals surface area contributed by atoms with Crippen molar-refractivity contribution in [3.63, 3.8) is 0 Å². The van der Waals surface area contributed by atoms with E-state index in [1.165, 1.54) is 11.0 Å². The van der Waals surface area contributed by atoms with Gasteiger partial charge in [-0.3, -0.25) is 9.69 Å². The molecule has 10 heteroatoms. The predicted molar refractivity (Wildman–Crippen MR) is 130 cm³/mol. The van der Waals surface area contributed by atoms with Crippen LogP contribution >= 0.6 is 0 Å². The first-order valence-electron chi connectivity index (χ1n) is 11.7. The van der Waals surface area contributed by atoms with Crippen molar-refractivity contribution in [3.05, 3.63) is 60.0 Å². The Bertz CT molecular complexity index is 1230. The first-order chi connectivity index (χ1) is 17.0. The number of halogens is 1.